The van der Waals surface area contributed by atoms with Gasteiger partial charge in [-0.25, -0.2) is 4.79 Å². The van der Waals surface area contributed by atoms with Crippen LogP contribution >= 0.6 is 0 Å². The number of nitrogens with one attached hydrogen (secondary N) is 2. The number of nitrogens with two attached hydrogens (primary N) is 2. The van der Waals surface area contributed by atoms with Crippen LogP contribution in [0.5, 0.6) is 0 Å². The molecule has 0 fully saturated rings. The average Bonchev–Trinajstić information content (AvgIpc) is 2.45. The number of urea groups is 1. The van der Waals surface area contributed by atoms with E-state index >= 15 is 0 Å². The lowest BCUT2D eigenvalue weighted by atomic mass is 10.1. The van der Waals surface area contributed by atoms with E-state index in [1.54, 1.807) is 24.3 Å². The van der Waals surface area contributed by atoms with Crippen molar-refractivity contribution in [1.29, 1.82) is 0 Å². The fraction of sp³-hybridized carbons (Fsp3) is 0.0667. The van der Waals surface area contributed by atoms with Gasteiger partial charge in [0.1, 0.15) is 0 Å². The van der Waals surface area contributed by atoms with Crippen molar-refractivity contribution >= 4 is 23.3 Å². The fourth-order valence-electron chi connectivity index (χ4n) is 1.84. The molecule has 3 amide bonds. The Morgan fingerprint density at radius 1 is 0.952 bits per heavy atom. The molecule has 6 N–H and O–H groups in total. The molecule has 0 aromatic heterocycles. The van der Waals surface area contributed by atoms with Gasteiger partial charge in [-0.2, -0.15) is 0 Å². The van der Waals surface area contributed by atoms with Gasteiger partial charge in [0.2, 0.25) is 5.91 Å². The lowest BCUT2D eigenvalue weighted by molar-refractivity contribution is 0.100. The van der Waals surface area contributed by atoms with E-state index in [-0.39, 0.29) is 0 Å². The molecule has 0 saturated carbocycles. The van der Waals surface area contributed by atoms with Crippen LogP contribution in [0.1, 0.15) is 15.9 Å². The van der Waals surface area contributed by atoms with Gasteiger partial charge in [0.15, 0.2) is 0 Å². The highest BCUT2D eigenvalue weighted by atomic mass is 16.2. The minimum Gasteiger partial charge on any atom is -0.381 e. The summed E-state index contributed by atoms with van der Waals surface area (Å²) in [6.07, 6.45) is 0. The predicted octanol–water partition coefficient (Wildman–Crippen LogP) is 1.89. The largest absolute Gasteiger partial charge is 0.381 e. The number of carbonyl (C=O) groups excluding carboxylic acids is 2. The average molecular weight is 284 g/mol. The van der Waals surface area contributed by atoms with Crippen LogP contribution in [0.15, 0.2) is 48.5 Å². The van der Waals surface area contributed by atoms with E-state index in [0.29, 0.717) is 17.8 Å². The SMILES string of the molecule is NC(=O)Nc1cccc(NCc2ccc(C(N)=O)cc2)c1. The summed E-state index contributed by atoms with van der Waals surface area (Å²) in [4.78, 5) is 21.8. The number of rotatable bonds is 5. The Morgan fingerprint density at radius 2 is 1.62 bits per heavy atom. The Bertz CT molecular complexity index is 653. The van der Waals surface area contributed by atoms with E-state index in [2.05, 4.69) is 10.6 Å². The maximum absolute atomic E-state index is 11.0. The maximum Gasteiger partial charge on any atom is 0.316 e. The molecule has 2 rings (SSSR count). The number of hydrogen-bond donors (Lipinski definition) is 4. The van der Waals surface area contributed by atoms with E-state index in [4.69, 9.17) is 11.5 Å². The molecule has 0 heterocycles. The molecule has 0 aliphatic carbocycles. The second-order valence-corrected chi connectivity index (χ2v) is 4.48. The molecule has 21 heavy (non-hydrogen) atoms. The van der Waals surface area contributed by atoms with Crippen molar-refractivity contribution in [2.75, 3.05) is 10.6 Å². The van der Waals surface area contributed by atoms with Gasteiger partial charge in [-0.15, -0.1) is 0 Å². The van der Waals surface area contributed by atoms with E-state index < -0.39 is 11.9 Å². The van der Waals surface area contributed by atoms with Gasteiger partial charge in [-0.05, 0) is 35.9 Å². The molecule has 0 atom stereocenters. The summed E-state index contributed by atoms with van der Waals surface area (Å²) in [6, 6.07) is 13.6. The highest BCUT2D eigenvalue weighted by Gasteiger charge is 2.01. The van der Waals surface area contributed by atoms with Crippen LogP contribution in [0.3, 0.4) is 0 Å². The first kappa shape index (κ1) is 14.4. The zero-order valence-electron chi connectivity index (χ0n) is 11.3. The third-order valence-electron chi connectivity index (χ3n) is 2.87. The van der Waals surface area contributed by atoms with Gasteiger partial charge >= 0.3 is 6.03 Å². The number of hydrogen-bond acceptors (Lipinski definition) is 3. The van der Waals surface area contributed by atoms with Crippen LogP contribution in [0.2, 0.25) is 0 Å². The standard InChI is InChI=1S/C15H16N4O2/c16-14(20)11-6-4-10(5-7-11)9-18-12-2-1-3-13(8-12)19-15(17)21/h1-8,18H,9H2,(H2,16,20)(H3,17,19,21). The Morgan fingerprint density at radius 3 is 2.24 bits per heavy atom. The molecule has 108 valence electrons. The molecule has 6 nitrogen and oxygen atoms in total. The highest BCUT2D eigenvalue weighted by molar-refractivity contribution is 5.92. The van der Waals surface area contributed by atoms with Gasteiger partial charge in [0.05, 0.1) is 0 Å². The number of carbonyl (C=O) groups is 2. The zero-order valence-corrected chi connectivity index (χ0v) is 11.3. The van der Waals surface area contributed by atoms with Crippen molar-refractivity contribution in [2.24, 2.45) is 11.5 Å². The van der Waals surface area contributed by atoms with Crippen molar-refractivity contribution in [1.82, 2.24) is 0 Å². The lowest BCUT2D eigenvalue weighted by Gasteiger charge is -2.09. The Labute approximate surface area is 122 Å². The number of primary amides is 2. The van der Waals surface area contributed by atoms with Gasteiger partial charge in [0, 0.05) is 23.5 Å². The first-order valence-electron chi connectivity index (χ1n) is 6.34. The van der Waals surface area contributed by atoms with Crippen molar-refractivity contribution in [3.05, 3.63) is 59.7 Å². The Hall–Kier alpha value is -3.02. The summed E-state index contributed by atoms with van der Waals surface area (Å²) in [6.45, 7) is 0.582. The van der Waals surface area contributed by atoms with Gasteiger partial charge in [-0.1, -0.05) is 18.2 Å². The summed E-state index contributed by atoms with van der Waals surface area (Å²) in [7, 11) is 0. The second kappa shape index (κ2) is 6.42. The predicted molar refractivity (Wildman–Crippen MR) is 81.9 cm³/mol. The van der Waals surface area contributed by atoms with Crippen LogP contribution in [-0.4, -0.2) is 11.9 Å². The third-order valence-corrected chi connectivity index (χ3v) is 2.87. The van der Waals surface area contributed by atoms with Crippen molar-refractivity contribution in [3.8, 4) is 0 Å². The van der Waals surface area contributed by atoms with E-state index in [0.717, 1.165) is 11.3 Å². The van der Waals surface area contributed by atoms with Crippen molar-refractivity contribution in [2.45, 2.75) is 6.54 Å². The summed E-state index contributed by atoms with van der Waals surface area (Å²) in [5.41, 5.74) is 13.2. The molecule has 2 aromatic carbocycles. The number of benzene rings is 2. The summed E-state index contributed by atoms with van der Waals surface area (Å²) in [5, 5.41) is 5.73. The quantitative estimate of drug-likeness (QED) is 0.672. The summed E-state index contributed by atoms with van der Waals surface area (Å²) < 4.78 is 0. The summed E-state index contributed by atoms with van der Waals surface area (Å²) in [5.74, 6) is -0.445. The zero-order chi connectivity index (χ0) is 15.2. The molecule has 0 aliphatic rings. The van der Waals surface area contributed by atoms with E-state index in [1.807, 2.05) is 24.3 Å². The van der Waals surface area contributed by atoms with Crippen LogP contribution < -0.4 is 22.1 Å². The topological polar surface area (TPSA) is 110 Å². The van der Waals surface area contributed by atoms with Gasteiger partial charge < -0.3 is 22.1 Å². The number of anilines is 2. The molecule has 0 radical (unpaired) electrons. The highest BCUT2D eigenvalue weighted by Crippen LogP contribution is 2.16. The second-order valence-electron chi connectivity index (χ2n) is 4.48. The molecule has 2 aromatic rings. The molecule has 0 bridgehead atoms. The molecule has 0 unspecified atom stereocenters. The molecular weight excluding hydrogens is 268 g/mol. The van der Waals surface area contributed by atoms with Crippen molar-refractivity contribution < 1.29 is 9.59 Å². The van der Waals surface area contributed by atoms with Crippen LogP contribution in [0.4, 0.5) is 16.2 Å². The minimum atomic E-state index is -0.603. The minimum absolute atomic E-state index is 0.445. The third kappa shape index (κ3) is 4.24. The number of amides is 3. The first-order valence-corrected chi connectivity index (χ1v) is 6.34. The van der Waals surface area contributed by atoms with Gasteiger partial charge in [-0.3, -0.25) is 4.79 Å². The molecule has 0 aliphatic heterocycles. The molecule has 6 heteroatoms. The maximum atomic E-state index is 11.0. The molecule has 0 saturated heterocycles. The smallest absolute Gasteiger partial charge is 0.316 e. The van der Waals surface area contributed by atoms with Crippen LogP contribution in [0.25, 0.3) is 0 Å². The van der Waals surface area contributed by atoms with E-state index in [1.165, 1.54) is 0 Å². The van der Waals surface area contributed by atoms with Crippen molar-refractivity contribution in [3.63, 3.8) is 0 Å². The fourth-order valence-corrected chi connectivity index (χ4v) is 1.84. The Balaban J connectivity index is 1.99. The van der Waals surface area contributed by atoms with Crippen LogP contribution in [0, 0.1) is 0 Å². The summed E-state index contributed by atoms with van der Waals surface area (Å²) >= 11 is 0. The van der Waals surface area contributed by atoms with E-state index in [9.17, 15) is 9.59 Å². The monoisotopic (exact) mass is 284 g/mol. The Kier molecular flexibility index (Phi) is 4.40. The molecular formula is C15H16N4O2. The van der Waals surface area contributed by atoms with Crippen LogP contribution in [-0.2, 0) is 6.54 Å². The normalized spacial score (nSPS) is 9.90. The lowest BCUT2D eigenvalue weighted by Crippen LogP contribution is -2.19. The molecule has 0 spiro atoms. The first-order chi connectivity index (χ1) is 10.0. The van der Waals surface area contributed by atoms with Gasteiger partial charge in [0.25, 0.3) is 0 Å².